The molecular weight excluding hydrogens is 211 g/mol. The van der Waals surface area contributed by atoms with Crippen molar-refractivity contribution in [2.24, 2.45) is 0 Å². The summed E-state index contributed by atoms with van der Waals surface area (Å²) in [5, 5.41) is 0. The van der Waals surface area contributed by atoms with Crippen LogP contribution in [-0.4, -0.2) is 5.52 Å². The molecule has 0 fully saturated rings. The second-order valence-corrected chi connectivity index (χ2v) is 3.81. The van der Waals surface area contributed by atoms with Crippen molar-refractivity contribution in [1.82, 2.24) is 0 Å². The van der Waals surface area contributed by atoms with Crippen LogP contribution in [0.1, 0.15) is 0 Å². The van der Waals surface area contributed by atoms with E-state index in [-0.39, 0.29) is 0 Å². The minimum absolute atomic E-state index is 1.24. The van der Waals surface area contributed by atoms with Gasteiger partial charge in [-0.25, -0.2) is 0 Å². The molecule has 0 atom stereocenters. The molecule has 1 rings (SSSR count). The van der Waals surface area contributed by atoms with Crippen LogP contribution in [0, 0.1) is 3.57 Å². The maximum atomic E-state index is 7.48. The summed E-state index contributed by atoms with van der Waals surface area (Å²) in [6.07, 6.45) is 0. The second kappa shape index (κ2) is 3.07. The summed E-state index contributed by atoms with van der Waals surface area (Å²) in [6, 6.07) is 10.1. The van der Waals surface area contributed by atoms with Crippen LogP contribution in [0.5, 0.6) is 0 Å². The van der Waals surface area contributed by atoms with E-state index < -0.39 is 21.0 Å². The van der Waals surface area contributed by atoms with Gasteiger partial charge in [0.25, 0.3) is 0 Å². The van der Waals surface area contributed by atoms with Crippen molar-refractivity contribution in [2.75, 3.05) is 4.93 Å². The van der Waals surface area contributed by atoms with Crippen molar-refractivity contribution < 1.29 is 0 Å². The van der Waals surface area contributed by atoms with Crippen LogP contribution in [0.25, 0.3) is 0 Å². The van der Waals surface area contributed by atoms with Crippen LogP contribution >= 0.6 is 21.0 Å². The van der Waals surface area contributed by atoms with E-state index in [1.807, 2.05) is 35.3 Å². The molecule has 1 heteroatoms. The van der Waals surface area contributed by atoms with Crippen LogP contribution in [0.4, 0.5) is 0 Å². The summed E-state index contributed by atoms with van der Waals surface area (Å²) >= 11 is -1.43. The van der Waals surface area contributed by atoms with Gasteiger partial charge in [-0.05, 0) is 0 Å². The van der Waals surface area contributed by atoms with E-state index >= 15 is 0 Å². The first-order chi connectivity index (χ1) is 4.30. The van der Waals surface area contributed by atoms with Gasteiger partial charge in [0.2, 0.25) is 0 Å². The van der Waals surface area contributed by atoms with Crippen molar-refractivity contribution in [2.45, 2.75) is 0 Å². The van der Waals surface area contributed by atoms with Gasteiger partial charge in [0.05, 0.1) is 0 Å². The third-order valence-corrected chi connectivity index (χ3v) is 2.92. The van der Waals surface area contributed by atoms with Crippen molar-refractivity contribution in [3.63, 3.8) is 0 Å². The number of benzene rings is 1. The topological polar surface area (TPSA) is 0 Å². The first kappa shape index (κ1) is 4.79. The molecule has 0 spiro atoms. The standard InChI is InChI=1S/C7H9I/c1-8-7-5-3-2-4-6-7/h2-6,8H,1H3/i8T. The van der Waals surface area contributed by atoms with Gasteiger partial charge >= 0.3 is 60.4 Å². The molecule has 44 valence electrons. The Morgan fingerprint density at radius 2 is 2.00 bits per heavy atom. The third kappa shape index (κ3) is 1.47. The summed E-state index contributed by atoms with van der Waals surface area (Å²) in [6.45, 7) is 0. The van der Waals surface area contributed by atoms with Crippen molar-refractivity contribution >= 4 is 21.0 Å². The normalized spacial score (nSPS) is 12.6. The zero-order chi connectivity index (χ0) is 6.69. The number of rotatable bonds is 1. The molecule has 0 nitrogen and oxygen atoms in total. The molecule has 0 saturated heterocycles. The minimum atomic E-state index is -1.43. The molecule has 0 radical (unpaired) electrons. The first-order valence-corrected chi connectivity index (χ1v) is 5.71. The number of halogens is 1. The van der Waals surface area contributed by atoms with E-state index in [0.717, 1.165) is 0 Å². The molecule has 0 aliphatic rings. The predicted octanol–water partition coefficient (Wildman–Crippen LogP) is 2.19. The number of alkyl halides is 1. The monoisotopic (exact) mass is 222 g/mol. The summed E-state index contributed by atoms with van der Waals surface area (Å²) in [5.74, 6) is 0. The fraction of sp³-hybridized carbons (Fsp3) is 0.143. The Hall–Kier alpha value is -0.0500. The van der Waals surface area contributed by atoms with E-state index in [0.29, 0.717) is 0 Å². The van der Waals surface area contributed by atoms with Gasteiger partial charge in [0, 0.05) is 0 Å². The first-order valence-electron chi connectivity index (χ1n) is 2.86. The molecule has 0 aliphatic carbocycles. The fourth-order valence-corrected chi connectivity index (χ4v) is 1.68. The van der Waals surface area contributed by atoms with Crippen molar-refractivity contribution in [3.8, 4) is 0 Å². The molecule has 0 aromatic heterocycles. The molecule has 0 amide bonds. The summed E-state index contributed by atoms with van der Waals surface area (Å²) in [7, 11) is 0. The molecule has 0 aliphatic heterocycles. The molecule has 0 saturated carbocycles. The van der Waals surface area contributed by atoms with E-state index in [1.54, 1.807) is 0 Å². The van der Waals surface area contributed by atoms with Crippen LogP contribution in [-0.2, 0) is 0 Å². The summed E-state index contributed by atoms with van der Waals surface area (Å²) in [5.41, 5.74) is 0. The molecule has 8 heavy (non-hydrogen) atoms. The Morgan fingerprint density at radius 1 is 1.38 bits per heavy atom. The Bertz CT molecular complexity index is 172. The molecule has 1 aromatic rings. The van der Waals surface area contributed by atoms with Gasteiger partial charge in [0.15, 0.2) is 0 Å². The number of hydrogen-bond donors (Lipinski definition) is 0. The van der Waals surface area contributed by atoms with Gasteiger partial charge < -0.3 is 0 Å². The molecule has 0 N–H and O–H groups in total. The van der Waals surface area contributed by atoms with Crippen molar-refractivity contribution in [1.29, 1.82) is 0.594 Å². The molecule has 0 unspecified atom stereocenters. The second-order valence-electron chi connectivity index (χ2n) is 1.48. The Morgan fingerprint density at radius 3 is 2.38 bits per heavy atom. The SMILES string of the molecule is [3H]I(C)c1ccccc1. The van der Waals surface area contributed by atoms with Gasteiger partial charge in [-0.1, -0.05) is 0 Å². The van der Waals surface area contributed by atoms with E-state index in [2.05, 4.69) is 0 Å². The molecule has 0 heterocycles. The maximum absolute atomic E-state index is 7.48. The van der Waals surface area contributed by atoms with Crippen LogP contribution in [0.3, 0.4) is 0 Å². The van der Waals surface area contributed by atoms with Gasteiger partial charge in [0.1, 0.15) is 0 Å². The number of hydrogen-bond acceptors (Lipinski definition) is 0. The average Bonchev–Trinajstić information content (AvgIpc) is 1.90. The predicted molar refractivity (Wildman–Crippen MR) is 46.5 cm³/mol. The van der Waals surface area contributed by atoms with Gasteiger partial charge in [-0.2, -0.15) is 0 Å². The Kier molecular flexibility index (Phi) is 1.84. The van der Waals surface area contributed by atoms with Crippen LogP contribution in [0.15, 0.2) is 30.3 Å². The van der Waals surface area contributed by atoms with E-state index in [9.17, 15) is 0 Å². The molecular formula is C7H9I. The summed E-state index contributed by atoms with van der Waals surface area (Å²) in [4.78, 5) is 2.03. The quantitative estimate of drug-likeness (QED) is 0.504. The Labute approximate surface area is 60.6 Å². The molecule has 0 bridgehead atoms. The zero-order valence-corrected chi connectivity index (χ0v) is 6.92. The third-order valence-electron chi connectivity index (χ3n) is 0.951. The van der Waals surface area contributed by atoms with Crippen LogP contribution < -0.4 is 0 Å². The Balaban J connectivity index is 2.85. The van der Waals surface area contributed by atoms with Gasteiger partial charge in [-0.3, -0.25) is 0 Å². The van der Waals surface area contributed by atoms with Gasteiger partial charge in [-0.15, -0.1) is 0 Å². The molecule has 1 aromatic carbocycles. The van der Waals surface area contributed by atoms with E-state index in [1.165, 1.54) is 3.57 Å². The van der Waals surface area contributed by atoms with Crippen molar-refractivity contribution in [3.05, 3.63) is 33.9 Å². The zero-order valence-electron chi connectivity index (χ0n) is 5.76. The fourth-order valence-electron chi connectivity index (χ4n) is 0.541. The van der Waals surface area contributed by atoms with Crippen LogP contribution in [0.2, 0.25) is 0 Å². The van der Waals surface area contributed by atoms with E-state index in [4.69, 9.17) is 0.594 Å². The average molecular weight is 222 g/mol. The summed E-state index contributed by atoms with van der Waals surface area (Å²) < 4.78 is 8.71.